The van der Waals surface area contributed by atoms with Crippen LogP contribution < -0.4 is 37.9 Å². The van der Waals surface area contributed by atoms with Crippen LogP contribution in [-0.4, -0.2) is 117 Å². The number of rotatable bonds is 29. The number of carbonyl (C=O) groups is 7. The highest BCUT2D eigenvalue weighted by Gasteiger charge is 2.50. The van der Waals surface area contributed by atoms with E-state index in [1.165, 1.54) is 25.3 Å². The lowest BCUT2D eigenvalue weighted by atomic mass is 9.68. The second-order valence-electron chi connectivity index (χ2n) is 19.7. The van der Waals surface area contributed by atoms with Crippen molar-refractivity contribution >= 4 is 64.0 Å². The number of nitrogens with one attached hydrogen (secondary N) is 6. The molecule has 1 amide bonds. The molecule has 5 atom stereocenters. The molecule has 0 aliphatic rings. The van der Waals surface area contributed by atoms with Gasteiger partial charge in [-0.15, -0.1) is 0 Å². The van der Waals surface area contributed by atoms with Gasteiger partial charge in [-0.05, 0) is 97.1 Å². The molecule has 0 saturated carbocycles. The van der Waals surface area contributed by atoms with Crippen molar-refractivity contribution in [3.63, 3.8) is 0 Å². The fourth-order valence-corrected chi connectivity index (χ4v) is 8.22. The first kappa shape index (κ1) is 56.6. The second kappa shape index (κ2) is 23.8. The van der Waals surface area contributed by atoms with Crippen molar-refractivity contribution in [1.82, 2.24) is 41.2 Å². The number of H-pyrrole nitrogens is 1. The van der Waals surface area contributed by atoms with Gasteiger partial charge in [0.1, 0.15) is 6.04 Å². The average molecular weight is 985 g/mol. The van der Waals surface area contributed by atoms with E-state index in [2.05, 4.69) is 46.5 Å². The van der Waals surface area contributed by atoms with E-state index >= 15 is 0 Å². The van der Waals surface area contributed by atoms with Crippen LogP contribution in [0, 0.1) is 5.41 Å². The van der Waals surface area contributed by atoms with E-state index in [0.717, 1.165) is 5.56 Å². The monoisotopic (exact) mass is 985 g/mol. The highest BCUT2D eigenvalue weighted by molar-refractivity contribution is 5.98. The molecular weight excluding hydrogens is 917 g/mol. The van der Waals surface area contributed by atoms with Crippen LogP contribution in [0.15, 0.2) is 65.6 Å². The number of hydrogen-bond acceptors (Lipinski definition) is 16. The van der Waals surface area contributed by atoms with Crippen LogP contribution in [0.1, 0.15) is 122 Å². The summed E-state index contributed by atoms with van der Waals surface area (Å²) < 4.78 is 0. The number of carboxylic acids is 3. The molecule has 21 nitrogen and oxygen atoms in total. The zero-order valence-electron chi connectivity index (χ0n) is 41.8. The molecule has 0 aliphatic carbocycles. The number of aromatic amines is 1. The fourth-order valence-electron chi connectivity index (χ4n) is 8.22. The number of aliphatic carboxylic acids is 3. The van der Waals surface area contributed by atoms with Crippen LogP contribution in [0.2, 0.25) is 0 Å². The van der Waals surface area contributed by atoms with Crippen molar-refractivity contribution in [3.05, 3.63) is 88.0 Å². The van der Waals surface area contributed by atoms with E-state index in [-0.39, 0.29) is 73.1 Å². The number of nitrogens with zero attached hydrogens (tertiary/aromatic N) is 3. The van der Waals surface area contributed by atoms with Crippen LogP contribution >= 0.6 is 0 Å². The summed E-state index contributed by atoms with van der Waals surface area (Å²) >= 11 is 0. The number of nitrogens with two attached hydrogens (primary N) is 1. The summed E-state index contributed by atoms with van der Waals surface area (Å²) in [4.78, 5) is 120. The Kier molecular flexibility index (Phi) is 18.9. The number of carbonyl (C=O) groups excluding carboxylic acids is 4. The van der Waals surface area contributed by atoms with Crippen LogP contribution in [0.5, 0.6) is 0 Å². The standard InChI is InChI=1S/C50H68N10O11/c1-10-50(9,36(61)22-20-34(45(70)71)55-43(68)30-16-18-31(19-17-30)52-26-32-27-53-42-39(54-32)44(69)57-46(51)56-42)60-35(25-38(64)65)40(66)47(3,4)49(7,8)59-33(21-23-37(62)63)41(67)48(5,6)58-28(2)24-29-14-12-11-13-15-29/h11-19,27-28,33-35,52,58-60H,10,20-26H2,1-9H3,(H,55,68)(H,62,63)(H,64,65)(H,70,71)(H3,51,53,56,57,69)/t28?,33?,34-,35?,50?/m0/s1. The SMILES string of the molecule is CCC(C)(NC(CC(=O)O)C(=O)C(C)(C)C(C)(C)NC(CCC(=O)O)C(=O)C(C)(C)NC(C)Cc1ccccc1)C(=O)CC[C@H](NC(=O)c1ccc(NCc2cnc3nc(N)[nH]c(=O)c3n2)cc1)C(=O)O. The normalized spacial score (nSPS) is 14.6. The molecule has 0 fully saturated rings. The molecular formula is C50H68N10O11. The van der Waals surface area contributed by atoms with Gasteiger partial charge in [-0.3, -0.25) is 43.9 Å². The zero-order valence-corrected chi connectivity index (χ0v) is 41.8. The Hall–Kier alpha value is -6.97. The van der Waals surface area contributed by atoms with E-state index in [0.29, 0.717) is 17.8 Å². The van der Waals surface area contributed by atoms with Crippen molar-refractivity contribution in [2.45, 2.75) is 155 Å². The van der Waals surface area contributed by atoms with Gasteiger partial charge in [-0.2, -0.15) is 4.98 Å². The van der Waals surface area contributed by atoms with Crippen molar-refractivity contribution < 1.29 is 48.9 Å². The maximum atomic E-state index is 14.7. The van der Waals surface area contributed by atoms with Gasteiger partial charge in [0.2, 0.25) is 5.95 Å². The maximum absolute atomic E-state index is 14.7. The molecule has 71 heavy (non-hydrogen) atoms. The number of benzene rings is 2. The molecule has 4 unspecified atom stereocenters. The first-order valence-corrected chi connectivity index (χ1v) is 23.4. The number of ketones is 3. The first-order chi connectivity index (χ1) is 33.1. The molecule has 2 aromatic heterocycles. The summed E-state index contributed by atoms with van der Waals surface area (Å²) in [6.07, 6.45) is 0.212. The van der Waals surface area contributed by atoms with E-state index < -0.39 is 87.5 Å². The summed E-state index contributed by atoms with van der Waals surface area (Å²) in [5, 5.41) is 44.9. The van der Waals surface area contributed by atoms with Crippen LogP contribution in [0.4, 0.5) is 11.6 Å². The molecule has 0 aliphatic heterocycles. The Morgan fingerprint density at radius 1 is 0.761 bits per heavy atom. The molecule has 0 bridgehead atoms. The predicted molar refractivity (Wildman–Crippen MR) is 266 cm³/mol. The molecule has 0 spiro atoms. The zero-order chi connectivity index (χ0) is 53.1. The Bertz CT molecular complexity index is 2640. The number of hydrogen-bond donors (Lipinski definition) is 10. The number of nitrogen functional groups attached to an aromatic ring is 1. The molecule has 384 valence electrons. The van der Waals surface area contributed by atoms with E-state index in [4.69, 9.17) is 5.73 Å². The minimum Gasteiger partial charge on any atom is -0.481 e. The minimum absolute atomic E-state index is 0.0109. The number of amides is 1. The second-order valence-corrected chi connectivity index (χ2v) is 19.7. The Morgan fingerprint density at radius 3 is 1.99 bits per heavy atom. The molecule has 11 N–H and O–H groups in total. The molecule has 0 radical (unpaired) electrons. The Labute approximate surface area is 412 Å². The van der Waals surface area contributed by atoms with Gasteiger partial charge in [0.15, 0.2) is 28.5 Å². The largest absolute Gasteiger partial charge is 0.481 e. The highest BCUT2D eigenvalue weighted by atomic mass is 16.4. The molecule has 0 saturated heterocycles. The maximum Gasteiger partial charge on any atom is 0.326 e. The summed E-state index contributed by atoms with van der Waals surface area (Å²) in [6, 6.07) is 11.6. The molecule has 4 aromatic rings. The smallest absolute Gasteiger partial charge is 0.326 e. The average Bonchev–Trinajstić information content (AvgIpc) is 3.29. The first-order valence-electron chi connectivity index (χ1n) is 23.4. The van der Waals surface area contributed by atoms with Gasteiger partial charge < -0.3 is 42.3 Å². The van der Waals surface area contributed by atoms with Crippen LogP contribution in [0.25, 0.3) is 11.2 Å². The molecule has 2 heterocycles. The lowest BCUT2D eigenvalue weighted by Gasteiger charge is -2.46. The third-order valence-corrected chi connectivity index (χ3v) is 13.2. The van der Waals surface area contributed by atoms with Crippen LogP contribution in [0.3, 0.4) is 0 Å². The predicted octanol–water partition coefficient (Wildman–Crippen LogP) is 3.81. The van der Waals surface area contributed by atoms with E-state index in [1.807, 2.05) is 37.3 Å². The Morgan fingerprint density at radius 2 is 1.39 bits per heavy atom. The van der Waals surface area contributed by atoms with Gasteiger partial charge in [-0.1, -0.05) is 51.1 Å². The van der Waals surface area contributed by atoms with Gasteiger partial charge in [0, 0.05) is 41.1 Å². The number of Topliss-reactive ketones (excluding diaryl/α,β-unsaturated/α-hetero) is 3. The summed E-state index contributed by atoms with van der Waals surface area (Å²) in [6.45, 7) is 15.2. The third-order valence-electron chi connectivity index (χ3n) is 13.2. The highest BCUT2D eigenvalue weighted by Crippen LogP contribution is 2.35. The van der Waals surface area contributed by atoms with Gasteiger partial charge >= 0.3 is 17.9 Å². The summed E-state index contributed by atoms with van der Waals surface area (Å²) in [7, 11) is 0. The van der Waals surface area contributed by atoms with Gasteiger partial charge in [0.25, 0.3) is 11.5 Å². The quantitative estimate of drug-likeness (QED) is 0.0370. The van der Waals surface area contributed by atoms with Gasteiger partial charge in [-0.25, -0.2) is 14.8 Å². The third kappa shape index (κ3) is 15.3. The molecule has 4 rings (SSSR count). The topological polar surface area (TPSA) is 338 Å². The molecule has 21 heteroatoms. The van der Waals surface area contributed by atoms with Crippen LogP contribution in [-0.2, 0) is 41.7 Å². The number of carboxylic acid groups (broad SMARTS) is 3. The summed E-state index contributed by atoms with van der Waals surface area (Å²) in [5.74, 6) is -6.16. The van der Waals surface area contributed by atoms with Crippen molar-refractivity contribution in [2.24, 2.45) is 5.41 Å². The fraction of sp³-hybridized carbons (Fsp3) is 0.500. The summed E-state index contributed by atoms with van der Waals surface area (Å²) in [5.41, 5.74) is 1.88. The number of fused-ring (bicyclic) bond motifs is 1. The molecule has 2 aromatic carbocycles. The van der Waals surface area contributed by atoms with Gasteiger partial charge in [0.05, 0.1) is 48.0 Å². The Balaban J connectivity index is 1.43. The van der Waals surface area contributed by atoms with Crippen molar-refractivity contribution in [3.8, 4) is 0 Å². The lowest BCUT2D eigenvalue weighted by Crippen LogP contribution is -2.66. The van der Waals surface area contributed by atoms with Crippen molar-refractivity contribution in [1.29, 1.82) is 0 Å². The number of aromatic nitrogens is 4. The van der Waals surface area contributed by atoms with E-state index in [9.17, 15) is 53.7 Å². The van der Waals surface area contributed by atoms with E-state index in [1.54, 1.807) is 60.6 Å². The minimum atomic E-state index is -1.54. The lowest BCUT2D eigenvalue weighted by molar-refractivity contribution is -0.144. The number of anilines is 2. The van der Waals surface area contributed by atoms with Crippen molar-refractivity contribution in [2.75, 3.05) is 11.1 Å².